The summed E-state index contributed by atoms with van der Waals surface area (Å²) in [6.45, 7) is 5.05. The van der Waals surface area contributed by atoms with Crippen LogP contribution in [0.1, 0.15) is 26.7 Å². The minimum atomic E-state index is 0.164. The van der Waals surface area contributed by atoms with Gasteiger partial charge in [0.05, 0.1) is 6.10 Å². The molecule has 4 heteroatoms. The van der Waals surface area contributed by atoms with Crippen LogP contribution in [-0.4, -0.2) is 30.1 Å². The highest BCUT2D eigenvalue weighted by molar-refractivity contribution is 6.21. The summed E-state index contributed by atoms with van der Waals surface area (Å²) in [6, 6.07) is 3.89. The number of alkyl halides is 1. The molecule has 0 atom stereocenters. The fraction of sp³-hybridized carbons (Fsp3) is 0.643. The Bertz CT molecular complexity index is 391. The lowest BCUT2D eigenvalue weighted by atomic mass is 9.84. The summed E-state index contributed by atoms with van der Waals surface area (Å²) in [5.74, 6) is 2.47. The average molecular weight is 269 g/mol. The first-order chi connectivity index (χ1) is 8.56. The van der Waals surface area contributed by atoms with Crippen molar-refractivity contribution in [2.75, 3.05) is 18.5 Å². The van der Waals surface area contributed by atoms with Gasteiger partial charge < -0.3 is 9.64 Å². The molecule has 0 unspecified atom stereocenters. The van der Waals surface area contributed by atoms with Crippen molar-refractivity contribution in [1.82, 2.24) is 4.98 Å². The maximum absolute atomic E-state index is 6.01. The Labute approximate surface area is 114 Å². The van der Waals surface area contributed by atoms with Crippen molar-refractivity contribution in [3.8, 4) is 5.75 Å². The fourth-order valence-corrected chi connectivity index (χ4v) is 2.80. The highest BCUT2D eigenvalue weighted by atomic mass is 35.5. The summed E-state index contributed by atoms with van der Waals surface area (Å²) in [4.78, 5) is 6.60. The molecule has 0 amide bonds. The molecule has 3 nitrogen and oxygen atoms in total. The molecule has 0 N–H and O–H groups in total. The van der Waals surface area contributed by atoms with Crippen LogP contribution in [0.25, 0.3) is 0 Å². The Kier molecular flexibility index (Phi) is 4.33. The number of aromatic nitrogens is 1. The number of ether oxygens (including phenoxy) is 1. The zero-order valence-electron chi connectivity index (χ0n) is 11.3. The monoisotopic (exact) mass is 268 g/mol. The third-order valence-electron chi connectivity index (χ3n) is 3.19. The number of halogens is 1. The molecule has 1 aromatic rings. The van der Waals surface area contributed by atoms with Gasteiger partial charge >= 0.3 is 0 Å². The molecule has 0 aliphatic heterocycles. The Morgan fingerprint density at radius 3 is 2.83 bits per heavy atom. The van der Waals surface area contributed by atoms with Gasteiger partial charge in [-0.1, -0.05) is 0 Å². The molecule has 1 aromatic heterocycles. The molecule has 0 bridgehead atoms. The first kappa shape index (κ1) is 13.5. The average Bonchev–Trinajstić information content (AvgIpc) is 2.26. The summed E-state index contributed by atoms with van der Waals surface area (Å²) in [6.07, 6.45) is 4.19. The van der Waals surface area contributed by atoms with Crippen molar-refractivity contribution >= 4 is 17.4 Å². The predicted octanol–water partition coefficient (Wildman–Crippen LogP) is 3.32. The molecule has 2 rings (SSSR count). The Morgan fingerprint density at radius 1 is 1.50 bits per heavy atom. The smallest absolute Gasteiger partial charge is 0.171 e. The third kappa shape index (κ3) is 3.29. The van der Waals surface area contributed by atoms with Crippen LogP contribution in [0.3, 0.4) is 0 Å². The summed E-state index contributed by atoms with van der Waals surface area (Å²) >= 11 is 6.01. The maximum Gasteiger partial charge on any atom is 0.171 e. The largest absolute Gasteiger partial charge is 0.487 e. The van der Waals surface area contributed by atoms with Crippen molar-refractivity contribution in [1.29, 1.82) is 0 Å². The first-order valence-corrected chi connectivity index (χ1v) is 6.96. The van der Waals surface area contributed by atoms with Gasteiger partial charge in [0.1, 0.15) is 0 Å². The van der Waals surface area contributed by atoms with Crippen LogP contribution in [0.2, 0.25) is 0 Å². The van der Waals surface area contributed by atoms with Crippen LogP contribution in [-0.2, 0) is 0 Å². The summed E-state index contributed by atoms with van der Waals surface area (Å²) in [5.41, 5.74) is 0. The summed E-state index contributed by atoms with van der Waals surface area (Å²) < 4.78 is 5.79. The Morgan fingerprint density at radius 2 is 2.22 bits per heavy atom. The van der Waals surface area contributed by atoms with E-state index < -0.39 is 0 Å². The maximum atomic E-state index is 6.01. The number of hydrogen-bond acceptors (Lipinski definition) is 3. The van der Waals surface area contributed by atoms with Crippen molar-refractivity contribution in [2.45, 2.75) is 38.2 Å². The van der Waals surface area contributed by atoms with Crippen molar-refractivity contribution in [2.24, 2.45) is 5.92 Å². The normalized spacial score (nSPS) is 22.7. The highest BCUT2D eigenvalue weighted by Gasteiger charge is 2.28. The molecule has 1 saturated carbocycles. The van der Waals surface area contributed by atoms with E-state index in [-0.39, 0.29) is 6.10 Å². The van der Waals surface area contributed by atoms with E-state index in [1.807, 2.05) is 32.2 Å². The summed E-state index contributed by atoms with van der Waals surface area (Å²) in [7, 11) is 2.07. The standard InChI is InChI=1S/C14H21ClN2O/c1-10(2)18-13-5-4-6-16-14(13)17(3)9-11-7-12(15)8-11/h4-6,10-12H,7-9H2,1-3H3. The lowest BCUT2D eigenvalue weighted by Crippen LogP contribution is -2.35. The van der Waals surface area contributed by atoms with Crippen LogP contribution in [0.15, 0.2) is 18.3 Å². The molecule has 1 aliphatic rings. The van der Waals surface area contributed by atoms with E-state index in [4.69, 9.17) is 16.3 Å². The number of pyridine rings is 1. The number of anilines is 1. The minimum Gasteiger partial charge on any atom is -0.487 e. The topological polar surface area (TPSA) is 25.4 Å². The Hall–Kier alpha value is -0.960. The van der Waals surface area contributed by atoms with Crippen LogP contribution >= 0.6 is 11.6 Å². The van der Waals surface area contributed by atoms with Gasteiger partial charge in [-0.15, -0.1) is 11.6 Å². The zero-order valence-corrected chi connectivity index (χ0v) is 12.0. The van der Waals surface area contributed by atoms with Gasteiger partial charge in [0.25, 0.3) is 0 Å². The lowest BCUT2D eigenvalue weighted by Gasteiger charge is -2.34. The number of rotatable bonds is 5. The molecule has 0 radical (unpaired) electrons. The van der Waals surface area contributed by atoms with E-state index in [0.717, 1.165) is 31.0 Å². The van der Waals surface area contributed by atoms with Gasteiger partial charge in [-0.2, -0.15) is 0 Å². The molecule has 1 fully saturated rings. The molecule has 0 saturated heterocycles. The molecule has 0 aromatic carbocycles. The van der Waals surface area contributed by atoms with Crippen LogP contribution in [0.5, 0.6) is 5.75 Å². The van der Waals surface area contributed by atoms with Crippen LogP contribution in [0.4, 0.5) is 5.82 Å². The molecular weight excluding hydrogens is 248 g/mol. The molecule has 100 valence electrons. The van der Waals surface area contributed by atoms with Gasteiger partial charge in [0, 0.05) is 25.2 Å². The minimum absolute atomic E-state index is 0.164. The van der Waals surface area contributed by atoms with E-state index in [9.17, 15) is 0 Å². The van der Waals surface area contributed by atoms with Crippen molar-refractivity contribution in [3.63, 3.8) is 0 Å². The SMILES string of the molecule is CC(C)Oc1cccnc1N(C)CC1CC(Cl)C1. The second-order valence-electron chi connectivity index (χ2n) is 5.31. The quantitative estimate of drug-likeness (QED) is 0.766. The second-order valence-corrected chi connectivity index (χ2v) is 5.92. The first-order valence-electron chi connectivity index (χ1n) is 6.53. The molecule has 0 spiro atoms. The van der Waals surface area contributed by atoms with Gasteiger partial charge in [-0.25, -0.2) is 4.98 Å². The van der Waals surface area contributed by atoms with Crippen molar-refractivity contribution < 1.29 is 4.74 Å². The van der Waals surface area contributed by atoms with Gasteiger partial charge in [-0.05, 0) is 44.7 Å². The Balaban J connectivity index is 2.02. The highest BCUT2D eigenvalue weighted by Crippen LogP contribution is 2.34. The van der Waals surface area contributed by atoms with Crippen molar-refractivity contribution in [3.05, 3.63) is 18.3 Å². The van der Waals surface area contributed by atoms with E-state index in [1.165, 1.54) is 0 Å². The third-order valence-corrected chi connectivity index (χ3v) is 3.54. The number of hydrogen-bond donors (Lipinski definition) is 0. The van der Waals surface area contributed by atoms with E-state index in [1.54, 1.807) is 0 Å². The number of nitrogens with zero attached hydrogens (tertiary/aromatic N) is 2. The molecule has 18 heavy (non-hydrogen) atoms. The van der Waals surface area contributed by atoms with E-state index >= 15 is 0 Å². The lowest BCUT2D eigenvalue weighted by molar-refractivity contribution is 0.241. The van der Waals surface area contributed by atoms with Crippen LogP contribution < -0.4 is 9.64 Å². The van der Waals surface area contributed by atoms with Gasteiger partial charge in [-0.3, -0.25) is 0 Å². The molecule has 1 aliphatic carbocycles. The van der Waals surface area contributed by atoms with Crippen LogP contribution in [0, 0.1) is 5.92 Å². The summed E-state index contributed by atoms with van der Waals surface area (Å²) in [5, 5.41) is 0.374. The molecule has 1 heterocycles. The fourth-order valence-electron chi connectivity index (χ4n) is 2.29. The van der Waals surface area contributed by atoms with Gasteiger partial charge in [0.15, 0.2) is 11.6 Å². The zero-order chi connectivity index (χ0) is 13.1. The van der Waals surface area contributed by atoms with E-state index in [0.29, 0.717) is 11.3 Å². The second kappa shape index (κ2) is 5.79. The predicted molar refractivity (Wildman–Crippen MR) is 75.6 cm³/mol. The van der Waals surface area contributed by atoms with Gasteiger partial charge in [0.2, 0.25) is 0 Å². The van der Waals surface area contributed by atoms with E-state index in [2.05, 4.69) is 16.9 Å². The molecular formula is C14H21ClN2O.